The lowest BCUT2D eigenvalue weighted by atomic mass is 10.2. The van der Waals surface area contributed by atoms with Crippen LogP contribution >= 0.6 is 8.53 Å². The molecule has 0 saturated carbocycles. The van der Waals surface area contributed by atoms with Gasteiger partial charge in [-0.3, -0.25) is 0 Å². The molecule has 0 aromatic rings. The second-order valence-electron chi connectivity index (χ2n) is 8.20. The van der Waals surface area contributed by atoms with Crippen molar-refractivity contribution in [3.05, 3.63) is 11.4 Å². The summed E-state index contributed by atoms with van der Waals surface area (Å²) in [5.74, 6) is 0. The molecule has 0 heterocycles. The van der Waals surface area contributed by atoms with E-state index in [2.05, 4.69) is 42.5 Å². The topological polar surface area (TPSA) is 64.4 Å². The monoisotopic (exact) mass is 417 g/mol. The largest absolute Gasteiger partial charge is 0.444 e. The first-order valence-corrected chi connectivity index (χ1v) is 11.4. The first-order chi connectivity index (χ1) is 13.1. The number of nitrogens with one attached hydrogen (secondary N) is 1. The third kappa shape index (κ3) is 14.1. The Labute approximate surface area is 173 Å². The number of ether oxygens (including phenoxy) is 1. The van der Waals surface area contributed by atoms with Crippen molar-refractivity contribution in [3.63, 3.8) is 0 Å². The van der Waals surface area contributed by atoms with Gasteiger partial charge in [0.25, 0.3) is 8.53 Å². The Morgan fingerprint density at radius 2 is 1.61 bits per heavy atom. The van der Waals surface area contributed by atoms with E-state index in [0.717, 1.165) is 25.7 Å². The highest BCUT2D eigenvalue weighted by atomic mass is 31.2. The van der Waals surface area contributed by atoms with Gasteiger partial charge in [0.05, 0.1) is 6.61 Å². The van der Waals surface area contributed by atoms with E-state index in [1.54, 1.807) is 0 Å². The van der Waals surface area contributed by atoms with Crippen LogP contribution in [0.3, 0.4) is 0 Å². The van der Waals surface area contributed by atoms with Crippen LogP contribution in [0.4, 0.5) is 4.79 Å². The Morgan fingerprint density at radius 1 is 1.04 bits per heavy atom. The molecule has 0 radical (unpaired) electrons. The zero-order valence-corrected chi connectivity index (χ0v) is 19.7. The molecule has 1 N–H and O–H groups in total. The van der Waals surface area contributed by atoms with Crippen molar-refractivity contribution in [2.45, 2.75) is 91.8 Å². The summed E-state index contributed by atoms with van der Waals surface area (Å²) in [4.78, 5) is 14.9. The Kier molecular flexibility index (Phi) is 14.5. The predicted molar refractivity (Wildman–Crippen MR) is 115 cm³/mol. The molecule has 8 heteroatoms. The van der Waals surface area contributed by atoms with Gasteiger partial charge in [-0.2, -0.15) is 0 Å². The van der Waals surface area contributed by atoms with E-state index in [0.29, 0.717) is 38.4 Å². The van der Waals surface area contributed by atoms with Crippen LogP contribution in [0.1, 0.15) is 74.1 Å². The Hall–Kier alpha value is -0.930. The van der Waals surface area contributed by atoms with E-state index in [1.165, 1.54) is 0 Å². The van der Waals surface area contributed by atoms with Crippen molar-refractivity contribution in [1.82, 2.24) is 9.99 Å². The van der Waals surface area contributed by atoms with Crippen LogP contribution in [-0.2, 0) is 13.8 Å². The molecular weight excluding hydrogens is 377 g/mol. The fraction of sp³-hybridized carbons (Fsp3) is 0.900. The number of hydrogen-bond acceptors (Lipinski definition) is 5. The van der Waals surface area contributed by atoms with E-state index in [9.17, 15) is 4.79 Å². The first-order valence-electron chi connectivity index (χ1n) is 10.2. The second-order valence-corrected chi connectivity index (χ2v) is 9.65. The fourth-order valence-corrected chi connectivity index (χ4v) is 4.16. The molecule has 0 saturated heterocycles. The van der Waals surface area contributed by atoms with Crippen molar-refractivity contribution in [2.75, 3.05) is 26.3 Å². The molecule has 1 unspecified atom stereocenters. The quantitative estimate of drug-likeness (QED) is 0.234. The van der Waals surface area contributed by atoms with E-state index in [-0.39, 0.29) is 6.09 Å². The maximum absolute atomic E-state index is 11.6. The minimum absolute atomic E-state index is 0.318. The molecule has 0 aliphatic heterocycles. The lowest BCUT2D eigenvalue weighted by Gasteiger charge is -2.35. The smallest absolute Gasteiger partial charge is 0.407 e. The Bertz CT molecular complexity index is 453. The highest BCUT2D eigenvalue weighted by Crippen LogP contribution is 2.45. The third-order valence-corrected chi connectivity index (χ3v) is 5.70. The first kappa shape index (κ1) is 27.1. The lowest BCUT2D eigenvalue weighted by Crippen LogP contribution is -2.33. The van der Waals surface area contributed by atoms with Gasteiger partial charge in [-0.05, 0) is 61.3 Å². The molecule has 1 atom stereocenters. The minimum Gasteiger partial charge on any atom is -0.444 e. The van der Waals surface area contributed by atoms with Gasteiger partial charge in [-0.15, -0.1) is 0 Å². The van der Waals surface area contributed by atoms with Gasteiger partial charge >= 0.3 is 6.09 Å². The zero-order chi connectivity index (χ0) is 21.6. The number of nitrogens with zero attached hydrogens (tertiary/aromatic N) is 2. The van der Waals surface area contributed by atoms with Gasteiger partial charge in [-0.1, -0.05) is 12.8 Å². The Morgan fingerprint density at radius 3 is 2.14 bits per heavy atom. The summed E-state index contributed by atoms with van der Waals surface area (Å²) in [6.45, 7) is 23.0. The molecule has 0 aromatic heterocycles. The van der Waals surface area contributed by atoms with E-state index in [1.807, 2.05) is 20.8 Å². The highest BCUT2D eigenvalue weighted by Gasteiger charge is 2.27. The average molecular weight is 418 g/mol. The molecule has 164 valence electrons. The number of carbonyl (C=O) groups is 1. The van der Waals surface area contributed by atoms with Crippen molar-refractivity contribution < 1.29 is 18.6 Å². The van der Waals surface area contributed by atoms with Gasteiger partial charge < -0.3 is 23.9 Å². The number of carbonyl (C=O) groups excluding carboxylic acids is 1. The molecule has 0 aliphatic carbocycles. The summed E-state index contributed by atoms with van der Waals surface area (Å²) >= 11 is 0. The van der Waals surface area contributed by atoms with Gasteiger partial charge in [-0.25, -0.2) is 16.0 Å². The molecule has 0 spiro atoms. The van der Waals surface area contributed by atoms with Crippen LogP contribution in [0.15, 0.2) is 0 Å². The molecule has 0 rings (SSSR count). The summed E-state index contributed by atoms with van der Waals surface area (Å²) in [5, 5.41) is 2.78. The van der Waals surface area contributed by atoms with Gasteiger partial charge in [0.15, 0.2) is 0 Å². The summed E-state index contributed by atoms with van der Waals surface area (Å²) in [6.07, 6.45) is 3.56. The number of hydrogen-bond donors (Lipinski definition) is 1. The lowest BCUT2D eigenvalue weighted by molar-refractivity contribution is 0.0526. The van der Waals surface area contributed by atoms with Gasteiger partial charge in [0.1, 0.15) is 12.2 Å². The van der Waals surface area contributed by atoms with E-state index in [4.69, 9.17) is 20.4 Å². The van der Waals surface area contributed by atoms with Crippen LogP contribution in [0.25, 0.3) is 4.85 Å². The molecule has 7 nitrogen and oxygen atoms in total. The summed E-state index contributed by atoms with van der Waals surface area (Å²) < 4.78 is 19.4. The number of alkyl carbamates (subject to hydrolysis) is 1. The summed E-state index contributed by atoms with van der Waals surface area (Å²) in [6, 6.07) is 0.635. The highest BCUT2D eigenvalue weighted by molar-refractivity contribution is 7.44. The number of rotatable bonds is 14. The van der Waals surface area contributed by atoms with Crippen LogP contribution < -0.4 is 5.32 Å². The molecule has 0 aliphatic rings. The molecular formula is C20H40N3O4P. The summed E-state index contributed by atoms with van der Waals surface area (Å²) in [7, 11) is -1.15. The normalized spacial score (nSPS) is 13.0. The third-order valence-electron chi connectivity index (χ3n) is 3.59. The van der Waals surface area contributed by atoms with Crippen molar-refractivity contribution in [1.29, 1.82) is 0 Å². The van der Waals surface area contributed by atoms with Crippen LogP contribution in [0.2, 0.25) is 0 Å². The standard InChI is InChI=1S/C20H40N3O4P/c1-17(2)23(18(3)4)28(26-16-14-21-8)25-15-12-10-9-11-13-22-19(24)27-20(5,6)7/h17-18H,9-16H2,1-7H3,(H,22,24). The van der Waals surface area contributed by atoms with Crippen molar-refractivity contribution in [2.24, 2.45) is 0 Å². The zero-order valence-electron chi connectivity index (χ0n) is 18.8. The summed E-state index contributed by atoms with van der Waals surface area (Å²) in [5.41, 5.74) is -0.462. The minimum atomic E-state index is -1.15. The number of amides is 1. The van der Waals surface area contributed by atoms with Crippen LogP contribution in [-0.4, -0.2) is 54.8 Å². The van der Waals surface area contributed by atoms with Crippen molar-refractivity contribution >= 4 is 14.6 Å². The predicted octanol–water partition coefficient (Wildman–Crippen LogP) is 5.37. The van der Waals surface area contributed by atoms with E-state index >= 15 is 0 Å². The van der Waals surface area contributed by atoms with Crippen LogP contribution in [0, 0.1) is 6.57 Å². The van der Waals surface area contributed by atoms with Crippen molar-refractivity contribution in [3.8, 4) is 0 Å². The molecule has 28 heavy (non-hydrogen) atoms. The average Bonchev–Trinajstić information content (AvgIpc) is 2.54. The van der Waals surface area contributed by atoms with Crippen LogP contribution in [0.5, 0.6) is 0 Å². The number of unbranched alkanes of at least 4 members (excludes halogenated alkanes) is 3. The SMILES string of the molecule is [C-]#[N+]CCOP(OCCCCCCNC(=O)OC(C)(C)C)N(C(C)C)C(C)C. The maximum atomic E-state index is 11.6. The maximum Gasteiger partial charge on any atom is 0.407 e. The second kappa shape index (κ2) is 15.0. The van der Waals surface area contributed by atoms with Gasteiger partial charge in [0.2, 0.25) is 6.54 Å². The molecule has 0 bridgehead atoms. The molecule has 1 amide bonds. The fourth-order valence-electron chi connectivity index (χ4n) is 2.54. The van der Waals surface area contributed by atoms with Gasteiger partial charge in [0, 0.05) is 18.6 Å². The van der Waals surface area contributed by atoms with E-state index < -0.39 is 14.1 Å². The molecule has 0 fully saturated rings. The Balaban J connectivity index is 4.07. The molecule has 0 aromatic carbocycles.